The minimum Gasteiger partial charge on any atom is -0.481 e. The van der Waals surface area contributed by atoms with Crippen LogP contribution in [0.1, 0.15) is 73.1 Å². The SMILES string of the molecule is CC(/C=C/[C@@H](C)[C@H]1CC[C@]23O[C@]24C(=O)C[C@@]2(O)[C@H](O)C=CC[C@]2(C)[C@H]4CC[C@]13C)C(C)C(=O)O. The molecular formula is C28H40O6. The molecule has 0 radical (unpaired) electrons. The number of allylic oxidation sites excluding steroid dienone is 3. The van der Waals surface area contributed by atoms with Gasteiger partial charge in [-0.3, -0.25) is 9.59 Å². The first-order chi connectivity index (χ1) is 15.8. The van der Waals surface area contributed by atoms with Crippen LogP contribution in [-0.4, -0.2) is 50.0 Å². The lowest BCUT2D eigenvalue weighted by Gasteiger charge is -2.60. The van der Waals surface area contributed by atoms with Crippen LogP contribution in [0.25, 0.3) is 0 Å². The maximum atomic E-state index is 13.8. The van der Waals surface area contributed by atoms with Crippen LogP contribution in [0.15, 0.2) is 24.3 Å². The summed E-state index contributed by atoms with van der Waals surface area (Å²) in [6.07, 6.45) is 10.9. The third-order valence-corrected chi connectivity index (χ3v) is 11.4. The number of rotatable bonds is 5. The van der Waals surface area contributed by atoms with Gasteiger partial charge in [-0.1, -0.05) is 58.9 Å². The van der Waals surface area contributed by atoms with E-state index < -0.39 is 40.2 Å². The maximum Gasteiger partial charge on any atom is 0.306 e. The van der Waals surface area contributed by atoms with E-state index in [4.69, 9.17) is 4.74 Å². The Kier molecular flexibility index (Phi) is 5.17. The quantitative estimate of drug-likeness (QED) is 0.414. The average Bonchev–Trinajstić information content (AvgIpc) is 3.38. The van der Waals surface area contributed by atoms with E-state index in [2.05, 4.69) is 19.9 Å². The zero-order valence-corrected chi connectivity index (χ0v) is 21.1. The summed E-state index contributed by atoms with van der Waals surface area (Å²) in [6.45, 7) is 10.2. The van der Waals surface area contributed by atoms with Gasteiger partial charge in [0.25, 0.3) is 0 Å². The van der Waals surface area contributed by atoms with Gasteiger partial charge in [0.2, 0.25) is 0 Å². The lowest BCUT2D eigenvalue weighted by molar-refractivity contribution is -0.207. The highest BCUT2D eigenvalue weighted by Gasteiger charge is 2.90. The standard InChI is InChI=1S/C28H40O6/c1-16(18(3)23(31)32)8-9-17(2)19-10-14-27-24(19,4)13-11-20-25(5)12-6-7-21(29)26(25,33)15-22(30)28(20,27)34-27/h6-9,16-21,29,33H,10-15H2,1-5H3,(H,31,32)/b9-8+/t16?,17-,18?,19-,20-,21-,24-,25-,26-,27-,28-/m1/s1. The summed E-state index contributed by atoms with van der Waals surface area (Å²) in [5, 5.41) is 31.6. The fourth-order valence-electron chi connectivity index (χ4n) is 8.88. The number of epoxide rings is 1. The molecule has 4 fully saturated rings. The number of hydrogen-bond acceptors (Lipinski definition) is 5. The number of carbonyl (C=O) groups is 2. The van der Waals surface area contributed by atoms with E-state index in [1.165, 1.54) is 0 Å². The van der Waals surface area contributed by atoms with E-state index in [1.807, 2.05) is 26.0 Å². The van der Waals surface area contributed by atoms with Gasteiger partial charge < -0.3 is 20.1 Å². The molecule has 11 atom stereocenters. The number of carbonyl (C=O) groups excluding carboxylic acids is 1. The van der Waals surface area contributed by atoms with Gasteiger partial charge in [-0.2, -0.15) is 0 Å². The molecule has 1 saturated heterocycles. The van der Waals surface area contributed by atoms with Crippen molar-refractivity contribution in [2.45, 2.75) is 96.1 Å². The summed E-state index contributed by atoms with van der Waals surface area (Å²) in [5.74, 6) is -0.823. The van der Waals surface area contributed by atoms with Crippen LogP contribution in [-0.2, 0) is 14.3 Å². The molecule has 5 aliphatic rings. The van der Waals surface area contributed by atoms with Gasteiger partial charge in [0.05, 0.1) is 5.92 Å². The second-order valence-corrected chi connectivity index (χ2v) is 12.6. The molecule has 3 N–H and O–H groups in total. The van der Waals surface area contributed by atoms with Gasteiger partial charge in [0.15, 0.2) is 11.4 Å². The molecule has 0 amide bonds. The molecule has 3 saturated carbocycles. The van der Waals surface area contributed by atoms with Crippen LogP contribution in [0.4, 0.5) is 0 Å². The molecule has 6 nitrogen and oxygen atoms in total. The highest BCUT2D eigenvalue weighted by Crippen LogP contribution is 2.80. The minimum absolute atomic E-state index is 0.0366. The van der Waals surface area contributed by atoms with Gasteiger partial charge >= 0.3 is 5.97 Å². The Morgan fingerprint density at radius 3 is 2.53 bits per heavy atom. The van der Waals surface area contributed by atoms with Crippen molar-refractivity contribution >= 4 is 11.8 Å². The second kappa shape index (κ2) is 7.27. The molecular weight excluding hydrogens is 432 g/mol. The fraction of sp³-hybridized carbons (Fsp3) is 0.786. The number of aliphatic carboxylic acids is 1. The number of ketones is 1. The predicted molar refractivity (Wildman–Crippen MR) is 127 cm³/mol. The zero-order valence-electron chi connectivity index (χ0n) is 21.1. The fourth-order valence-corrected chi connectivity index (χ4v) is 8.88. The Hall–Kier alpha value is -1.50. The topological polar surface area (TPSA) is 107 Å². The van der Waals surface area contributed by atoms with Crippen molar-refractivity contribution in [2.24, 2.45) is 40.4 Å². The Bertz CT molecular complexity index is 972. The summed E-state index contributed by atoms with van der Waals surface area (Å²) < 4.78 is 6.70. The Labute approximate surface area is 202 Å². The van der Waals surface area contributed by atoms with Crippen LogP contribution in [0.5, 0.6) is 0 Å². The summed E-state index contributed by atoms with van der Waals surface area (Å²) in [6, 6.07) is 0. The van der Waals surface area contributed by atoms with Crippen LogP contribution in [0.3, 0.4) is 0 Å². The first kappa shape index (κ1) is 24.2. The highest BCUT2D eigenvalue weighted by molar-refractivity contribution is 5.95. The van der Waals surface area contributed by atoms with Gasteiger partial charge in [-0.05, 0) is 49.9 Å². The molecule has 0 aromatic rings. The van der Waals surface area contributed by atoms with Crippen molar-refractivity contribution in [1.82, 2.24) is 0 Å². The van der Waals surface area contributed by atoms with E-state index in [-0.39, 0.29) is 35.4 Å². The number of carboxylic acids is 1. The number of hydrogen-bond donors (Lipinski definition) is 3. The normalized spacial score (nSPS) is 51.7. The first-order valence-electron chi connectivity index (χ1n) is 13.0. The number of ether oxygens (including phenoxy) is 1. The second-order valence-electron chi connectivity index (χ2n) is 12.6. The third-order valence-electron chi connectivity index (χ3n) is 11.4. The van der Waals surface area contributed by atoms with Gasteiger partial charge in [-0.25, -0.2) is 0 Å². The van der Waals surface area contributed by atoms with E-state index in [0.29, 0.717) is 12.3 Å². The number of carboxylic acid groups (broad SMARTS) is 1. The molecule has 0 bridgehead atoms. The summed E-state index contributed by atoms with van der Waals surface area (Å²) in [4.78, 5) is 25.1. The van der Waals surface area contributed by atoms with Crippen molar-refractivity contribution in [3.8, 4) is 0 Å². The lowest BCUT2D eigenvalue weighted by Crippen LogP contribution is -2.71. The summed E-state index contributed by atoms with van der Waals surface area (Å²) in [7, 11) is 0. The number of fused-ring (bicyclic) bond motifs is 2. The Balaban J connectivity index is 1.44. The number of aliphatic hydroxyl groups excluding tert-OH is 1. The van der Waals surface area contributed by atoms with Crippen molar-refractivity contribution in [1.29, 1.82) is 0 Å². The summed E-state index contributed by atoms with van der Waals surface area (Å²) >= 11 is 0. The predicted octanol–water partition coefficient (Wildman–Crippen LogP) is 3.90. The monoisotopic (exact) mass is 472 g/mol. The van der Waals surface area contributed by atoms with E-state index in [9.17, 15) is 24.9 Å². The number of Topliss-reactive ketones (excluding diaryl/α,β-unsaturated/α-hetero) is 1. The minimum atomic E-state index is -1.44. The molecule has 34 heavy (non-hydrogen) atoms. The van der Waals surface area contributed by atoms with Crippen LogP contribution < -0.4 is 0 Å². The van der Waals surface area contributed by atoms with E-state index in [1.54, 1.807) is 13.0 Å². The molecule has 5 rings (SSSR count). The molecule has 4 aliphatic carbocycles. The molecule has 1 heterocycles. The summed E-state index contributed by atoms with van der Waals surface area (Å²) in [5.41, 5.74) is -3.55. The Morgan fingerprint density at radius 1 is 1.15 bits per heavy atom. The number of aliphatic hydroxyl groups is 2. The molecule has 2 spiro atoms. The average molecular weight is 473 g/mol. The van der Waals surface area contributed by atoms with E-state index >= 15 is 0 Å². The van der Waals surface area contributed by atoms with Crippen LogP contribution in [0, 0.1) is 40.4 Å². The molecule has 6 heteroatoms. The molecule has 0 aromatic carbocycles. The first-order valence-corrected chi connectivity index (χ1v) is 13.0. The van der Waals surface area contributed by atoms with Crippen molar-refractivity contribution in [3.63, 3.8) is 0 Å². The van der Waals surface area contributed by atoms with Gasteiger partial charge in [-0.15, -0.1) is 0 Å². The third kappa shape index (κ3) is 2.63. The van der Waals surface area contributed by atoms with Gasteiger partial charge in [0, 0.05) is 23.2 Å². The van der Waals surface area contributed by atoms with Gasteiger partial charge in [0.1, 0.15) is 17.3 Å². The Morgan fingerprint density at radius 2 is 1.85 bits per heavy atom. The molecule has 188 valence electrons. The van der Waals surface area contributed by atoms with Crippen LogP contribution in [0.2, 0.25) is 0 Å². The zero-order chi connectivity index (χ0) is 24.9. The van der Waals surface area contributed by atoms with Crippen molar-refractivity contribution < 1.29 is 29.6 Å². The van der Waals surface area contributed by atoms with Crippen LogP contribution >= 0.6 is 0 Å². The van der Waals surface area contributed by atoms with E-state index in [0.717, 1.165) is 25.7 Å². The van der Waals surface area contributed by atoms with Crippen molar-refractivity contribution in [3.05, 3.63) is 24.3 Å². The molecule has 1 aliphatic heterocycles. The maximum absolute atomic E-state index is 13.8. The largest absolute Gasteiger partial charge is 0.481 e. The highest BCUT2D eigenvalue weighted by atomic mass is 16.6. The molecule has 0 aromatic heterocycles. The molecule has 2 unspecified atom stereocenters. The smallest absolute Gasteiger partial charge is 0.306 e. The lowest BCUT2D eigenvalue weighted by atomic mass is 9.43. The van der Waals surface area contributed by atoms with Crippen molar-refractivity contribution in [2.75, 3.05) is 0 Å².